The molecule has 0 fully saturated rings. The monoisotopic (exact) mass is 385 g/mol. The minimum atomic E-state index is -0.316. The Hall–Kier alpha value is -2.83. The third-order valence-corrected chi connectivity index (χ3v) is 4.90. The number of nitrogens with zero attached hydrogens (tertiary/aromatic N) is 4. The zero-order valence-corrected chi connectivity index (χ0v) is 15.2. The first-order valence-electron chi connectivity index (χ1n) is 7.75. The van der Waals surface area contributed by atoms with Crippen molar-refractivity contribution in [1.82, 2.24) is 19.1 Å². The second-order valence-electron chi connectivity index (χ2n) is 5.69. The predicted molar refractivity (Wildman–Crippen MR) is 102 cm³/mol. The van der Waals surface area contributed by atoms with Gasteiger partial charge in [0, 0.05) is 7.05 Å². The van der Waals surface area contributed by atoms with Crippen LogP contribution in [0.1, 0.15) is 10.5 Å². The summed E-state index contributed by atoms with van der Waals surface area (Å²) in [7, 11) is 1.68. The molecule has 1 N–H and O–H groups in total. The van der Waals surface area contributed by atoms with Gasteiger partial charge in [-0.25, -0.2) is 9.97 Å². The number of carbonyl (C=O) groups is 1. The molecule has 0 aliphatic rings. The standard InChI is InChI=1S/C18H13Cl2N5O/c1-24-15(8-12(19)17(24)20)18(26)23-11-6-7-16(21-9-11)25-10-22-13-4-2-3-5-14(13)25/h2-10H,1H3,(H,23,26). The molecule has 130 valence electrons. The molecule has 4 aromatic rings. The van der Waals surface area contributed by atoms with Gasteiger partial charge in [0.15, 0.2) is 0 Å². The van der Waals surface area contributed by atoms with Crippen LogP contribution in [0.2, 0.25) is 10.2 Å². The largest absolute Gasteiger partial charge is 0.329 e. The second kappa shape index (κ2) is 6.48. The first-order chi connectivity index (χ1) is 12.5. The Bertz CT molecular complexity index is 1110. The predicted octanol–water partition coefficient (Wildman–Crippen LogP) is 4.32. The molecule has 0 spiro atoms. The summed E-state index contributed by atoms with van der Waals surface area (Å²) in [5, 5.41) is 3.43. The summed E-state index contributed by atoms with van der Waals surface area (Å²) in [4.78, 5) is 21.2. The number of hydrogen-bond acceptors (Lipinski definition) is 3. The Morgan fingerprint density at radius 3 is 2.62 bits per heavy atom. The van der Waals surface area contributed by atoms with E-state index in [-0.39, 0.29) is 5.91 Å². The summed E-state index contributed by atoms with van der Waals surface area (Å²) >= 11 is 12.0. The Balaban J connectivity index is 1.58. The fourth-order valence-electron chi connectivity index (χ4n) is 2.70. The lowest BCUT2D eigenvalue weighted by molar-refractivity contribution is 0.101. The maximum Gasteiger partial charge on any atom is 0.272 e. The molecule has 0 saturated carbocycles. The fraction of sp³-hybridized carbons (Fsp3) is 0.0556. The number of fused-ring (bicyclic) bond motifs is 1. The first-order valence-corrected chi connectivity index (χ1v) is 8.51. The van der Waals surface area contributed by atoms with E-state index >= 15 is 0 Å². The zero-order chi connectivity index (χ0) is 18.3. The highest BCUT2D eigenvalue weighted by molar-refractivity contribution is 6.42. The smallest absolute Gasteiger partial charge is 0.272 e. The first kappa shape index (κ1) is 16.6. The lowest BCUT2D eigenvalue weighted by atomic mass is 10.3. The number of rotatable bonds is 3. The minimum Gasteiger partial charge on any atom is -0.329 e. The molecule has 0 aliphatic carbocycles. The summed E-state index contributed by atoms with van der Waals surface area (Å²) in [5.41, 5.74) is 2.79. The molecular weight excluding hydrogens is 373 g/mol. The number of para-hydroxylation sites is 2. The average molecular weight is 386 g/mol. The number of amides is 1. The molecule has 3 heterocycles. The number of imidazole rings is 1. The number of pyridine rings is 1. The van der Waals surface area contributed by atoms with Crippen LogP contribution in [0.15, 0.2) is 55.0 Å². The van der Waals surface area contributed by atoms with E-state index in [2.05, 4.69) is 15.3 Å². The van der Waals surface area contributed by atoms with Crippen molar-refractivity contribution in [1.29, 1.82) is 0 Å². The highest BCUT2D eigenvalue weighted by atomic mass is 35.5. The molecule has 3 aromatic heterocycles. The zero-order valence-electron chi connectivity index (χ0n) is 13.6. The molecule has 26 heavy (non-hydrogen) atoms. The van der Waals surface area contributed by atoms with Crippen molar-refractivity contribution in [2.24, 2.45) is 7.05 Å². The van der Waals surface area contributed by atoms with Gasteiger partial charge in [0.05, 0.1) is 27.9 Å². The van der Waals surface area contributed by atoms with Crippen molar-refractivity contribution in [2.75, 3.05) is 5.32 Å². The van der Waals surface area contributed by atoms with Gasteiger partial charge < -0.3 is 9.88 Å². The van der Waals surface area contributed by atoms with E-state index in [4.69, 9.17) is 23.2 Å². The Labute approximate surface area is 159 Å². The van der Waals surface area contributed by atoms with Gasteiger partial charge in [-0.2, -0.15) is 0 Å². The molecule has 0 radical (unpaired) electrons. The van der Waals surface area contributed by atoms with Gasteiger partial charge in [-0.1, -0.05) is 35.3 Å². The van der Waals surface area contributed by atoms with E-state index in [0.29, 0.717) is 27.4 Å². The molecular formula is C18H13Cl2N5O. The van der Waals surface area contributed by atoms with Crippen LogP contribution >= 0.6 is 23.2 Å². The van der Waals surface area contributed by atoms with Crippen molar-refractivity contribution >= 4 is 45.8 Å². The van der Waals surface area contributed by atoms with Crippen LogP contribution in [-0.4, -0.2) is 25.0 Å². The molecule has 1 aromatic carbocycles. The number of anilines is 1. The number of hydrogen-bond donors (Lipinski definition) is 1. The van der Waals surface area contributed by atoms with E-state index in [0.717, 1.165) is 11.0 Å². The van der Waals surface area contributed by atoms with Crippen LogP contribution < -0.4 is 5.32 Å². The summed E-state index contributed by atoms with van der Waals surface area (Å²) in [5.74, 6) is 0.394. The summed E-state index contributed by atoms with van der Waals surface area (Å²) in [6.45, 7) is 0. The van der Waals surface area contributed by atoms with Crippen LogP contribution in [-0.2, 0) is 7.05 Å². The van der Waals surface area contributed by atoms with Crippen LogP contribution in [0.3, 0.4) is 0 Å². The van der Waals surface area contributed by atoms with Gasteiger partial charge in [-0.15, -0.1) is 0 Å². The van der Waals surface area contributed by atoms with Crippen LogP contribution in [0.4, 0.5) is 5.69 Å². The molecule has 0 saturated heterocycles. The Morgan fingerprint density at radius 1 is 1.12 bits per heavy atom. The molecule has 8 heteroatoms. The van der Waals surface area contributed by atoms with Gasteiger partial charge in [0.25, 0.3) is 5.91 Å². The summed E-state index contributed by atoms with van der Waals surface area (Å²) in [6.07, 6.45) is 3.31. The normalized spacial score (nSPS) is 11.0. The quantitative estimate of drug-likeness (QED) is 0.571. The number of halogens is 2. The highest BCUT2D eigenvalue weighted by Crippen LogP contribution is 2.25. The van der Waals surface area contributed by atoms with E-state index in [1.54, 1.807) is 25.6 Å². The van der Waals surface area contributed by atoms with Crippen molar-refractivity contribution in [3.63, 3.8) is 0 Å². The third-order valence-electron chi connectivity index (χ3n) is 4.06. The molecule has 4 rings (SSSR count). The van der Waals surface area contributed by atoms with E-state index in [1.807, 2.05) is 34.9 Å². The molecule has 0 atom stereocenters. The molecule has 1 amide bonds. The maximum atomic E-state index is 12.4. The SMILES string of the molecule is Cn1c(C(=O)Nc2ccc(-n3cnc4ccccc43)nc2)cc(Cl)c1Cl. The third kappa shape index (κ3) is 2.83. The van der Waals surface area contributed by atoms with E-state index < -0.39 is 0 Å². The maximum absolute atomic E-state index is 12.4. The van der Waals surface area contributed by atoms with Gasteiger partial charge in [-0.3, -0.25) is 9.36 Å². The van der Waals surface area contributed by atoms with E-state index in [1.165, 1.54) is 10.6 Å². The summed E-state index contributed by atoms with van der Waals surface area (Å²) < 4.78 is 3.41. The lowest BCUT2D eigenvalue weighted by Crippen LogP contribution is -2.15. The van der Waals surface area contributed by atoms with Crippen LogP contribution in [0.5, 0.6) is 0 Å². The molecule has 0 bridgehead atoms. The summed E-state index contributed by atoms with van der Waals surface area (Å²) in [6, 6.07) is 12.9. The number of benzene rings is 1. The van der Waals surface area contributed by atoms with Crippen molar-refractivity contribution in [3.05, 3.63) is 70.9 Å². The molecule has 6 nitrogen and oxygen atoms in total. The lowest BCUT2D eigenvalue weighted by Gasteiger charge is -2.08. The molecule has 0 aliphatic heterocycles. The number of aromatic nitrogens is 4. The minimum absolute atomic E-state index is 0.316. The van der Waals surface area contributed by atoms with Crippen molar-refractivity contribution in [2.45, 2.75) is 0 Å². The van der Waals surface area contributed by atoms with Crippen molar-refractivity contribution in [3.8, 4) is 5.82 Å². The number of nitrogens with one attached hydrogen (secondary N) is 1. The van der Waals surface area contributed by atoms with Crippen molar-refractivity contribution < 1.29 is 4.79 Å². The van der Waals surface area contributed by atoms with Gasteiger partial charge >= 0.3 is 0 Å². The van der Waals surface area contributed by atoms with Gasteiger partial charge in [-0.05, 0) is 30.3 Å². The number of carbonyl (C=O) groups excluding carboxylic acids is 1. The second-order valence-corrected chi connectivity index (χ2v) is 6.46. The fourth-order valence-corrected chi connectivity index (χ4v) is 3.08. The van der Waals surface area contributed by atoms with Gasteiger partial charge in [0.2, 0.25) is 0 Å². The van der Waals surface area contributed by atoms with Gasteiger partial charge in [0.1, 0.15) is 23.0 Å². The van der Waals surface area contributed by atoms with E-state index in [9.17, 15) is 4.79 Å². The molecule has 0 unspecified atom stereocenters. The topological polar surface area (TPSA) is 64.7 Å². The average Bonchev–Trinajstić information content (AvgIpc) is 3.19. The highest BCUT2D eigenvalue weighted by Gasteiger charge is 2.16. The Morgan fingerprint density at radius 2 is 1.92 bits per heavy atom. The Kier molecular flexibility index (Phi) is 4.14. The van der Waals surface area contributed by atoms with Crippen LogP contribution in [0.25, 0.3) is 16.9 Å². The van der Waals surface area contributed by atoms with Crippen LogP contribution in [0, 0.1) is 0 Å².